The van der Waals surface area contributed by atoms with E-state index in [2.05, 4.69) is 33.9 Å². The van der Waals surface area contributed by atoms with Gasteiger partial charge in [0.05, 0.1) is 17.2 Å². The van der Waals surface area contributed by atoms with E-state index in [9.17, 15) is 0 Å². The molecule has 0 bridgehead atoms. The van der Waals surface area contributed by atoms with Gasteiger partial charge in [-0.25, -0.2) is 0 Å². The summed E-state index contributed by atoms with van der Waals surface area (Å²) in [5.41, 5.74) is 3.05. The Balaban J connectivity index is 2.33. The standard InChI is InChI=1S/C11H7N2S/c1-2-4-10-9(3-1)5-6-13(10)11-7-12-8-14-11/h2-8H. The van der Waals surface area contributed by atoms with Gasteiger partial charge >= 0.3 is 0 Å². The second kappa shape index (κ2) is 2.96. The van der Waals surface area contributed by atoms with Gasteiger partial charge in [-0.15, -0.1) is 11.3 Å². The molecule has 3 aromatic rings. The van der Waals surface area contributed by atoms with Crippen LogP contribution in [0, 0.1) is 6.07 Å². The number of hydrogen-bond donors (Lipinski definition) is 0. The number of aromatic nitrogens is 2. The zero-order chi connectivity index (χ0) is 9.38. The van der Waals surface area contributed by atoms with Crippen molar-refractivity contribution in [2.45, 2.75) is 0 Å². The number of fused-ring (bicyclic) bond motifs is 1. The summed E-state index contributed by atoms with van der Waals surface area (Å²) in [6.45, 7) is 0. The molecule has 0 unspecified atom stereocenters. The fourth-order valence-electron chi connectivity index (χ4n) is 1.54. The summed E-state index contributed by atoms with van der Waals surface area (Å²) in [7, 11) is 0. The van der Waals surface area contributed by atoms with Crippen molar-refractivity contribution in [3.63, 3.8) is 0 Å². The number of rotatable bonds is 1. The lowest BCUT2D eigenvalue weighted by molar-refractivity contribution is 1.15. The van der Waals surface area contributed by atoms with Gasteiger partial charge in [0.1, 0.15) is 5.00 Å². The van der Waals surface area contributed by atoms with E-state index in [-0.39, 0.29) is 0 Å². The minimum atomic E-state index is 1.14. The van der Waals surface area contributed by atoms with Crippen molar-refractivity contribution in [1.29, 1.82) is 0 Å². The van der Waals surface area contributed by atoms with Crippen LogP contribution in [0.2, 0.25) is 0 Å². The molecule has 0 fully saturated rings. The van der Waals surface area contributed by atoms with Gasteiger partial charge in [0.25, 0.3) is 0 Å². The van der Waals surface area contributed by atoms with Gasteiger partial charge in [0.15, 0.2) is 0 Å². The van der Waals surface area contributed by atoms with Gasteiger partial charge in [-0.1, -0.05) is 6.07 Å². The normalized spacial score (nSPS) is 10.9. The highest BCUT2D eigenvalue weighted by Gasteiger charge is 2.02. The molecule has 0 amide bonds. The molecule has 0 N–H and O–H groups in total. The summed E-state index contributed by atoms with van der Waals surface area (Å²) >= 11 is 1.64. The average molecular weight is 199 g/mol. The maximum Gasteiger partial charge on any atom is 0.120 e. The molecule has 0 saturated heterocycles. The number of thiazole rings is 1. The molecule has 3 heteroatoms. The van der Waals surface area contributed by atoms with E-state index in [1.807, 2.05) is 23.8 Å². The first kappa shape index (κ1) is 7.76. The summed E-state index contributed by atoms with van der Waals surface area (Å²) in [5.74, 6) is 0. The van der Waals surface area contributed by atoms with Gasteiger partial charge in [-0.2, -0.15) is 0 Å². The number of nitrogens with zero attached hydrogens (tertiary/aromatic N) is 2. The highest BCUT2D eigenvalue weighted by atomic mass is 32.1. The van der Waals surface area contributed by atoms with E-state index in [0.29, 0.717) is 0 Å². The molecule has 0 spiro atoms. The molecule has 0 aliphatic rings. The highest BCUT2D eigenvalue weighted by Crippen LogP contribution is 2.21. The van der Waals surface area contributed by atoms with Crippen molar-refractivity contribution in [3.8, 4) is 5.00 Å². The van der Waals surface area contributed by atoms with Crippen molar-refractivity contribution < 1.29 is 0 Å². The molecule has 2 aromatic heterocycles. The van der Waals surface area contributed by atoms with Gasteiger partial charge in [-0.3, -0.25) is 4.98 Å². The third-order valence-corrected chi connectivity index (χ3v) is 2.96. The van der Waals surface area contributed by atoms with Crippen LogP contribution in [0.3, 0.4) is 0 Å². The first-order valence-corrected chi connectivity index (χ1v) is 5.19. The van der Waals surface area contributed by atoms with Gasteiger partial charge in [0.2, 0.25) is 0 Å². The van der Waals surface area contributed by atoms with Crippen LogP contribution in [-0.4, -0.2) is 9.55 Å². The topological polar surface area (TPSA) is 17.8 Å². The van der Waals surface area contributed by atoms with E-state index in [1.54, 1.807) is 11.3 Å². The summed E-state index contributed by atoms with van der Waals surface area (Å²) in [6.07, 6.45) is 3.94. The van der Waals surface area contributed by atoms with E-state index < -0.39 is 0 Å². The monoisotopic (exact) mass is 199 g/mol. The maximum absolute atomic E-state index is 4.07. The fraction of sp³-hybridized carbons (Fsp3) is 0. The zero-order valence-corrected chi connectivity index (χ0v) is 8.16. The predicted molar refractivity (Wildman–Crippen MR) is 57.8 cm³/mol. The van der Waals surface area contributed by atoms with Crippen molar-refractivity contribution in [2.24, 2.45) is 0 Å². The van der Waals surface area contributed by atoms with Crippen LogP contribution in [0.15, 0.2) is 42.2 Å². The third-order valence-electron chi connectivity index (χ3n) is 2.19. The van der Waals surface area contributed by atoms with Gasteiger partial charge < -0.3 is 4.57 Å². The second-order valence-corrected chi connectivity index (χ2v) is 3.88. The molecule has 1 aromatic carbocycles. The summed E-state index contributed by atoms with van der Waals surface area (Å²) in [5, 5.41) is 2.35. The minimum absolute atomic E-state index is 1.14. The molecule has 2 nitrogen and oxygen atoms in total. The minimum Gasteiger partial charge on any atom is -0.307 e. The molecule has 0 atom stereocenters. The van der Waals surface area contributed by atoms with Crippen LogP contribution in [0.25, 0.3) is 15.9 Å². The smallest absolute Gasteiger partial charge is 0.120 e. The molecule has 3 rings (SSSR count). The first-order valence-electron chi connectivity index (χ1n) is 4.31. The van der Waals surface area contributed by atoms with Crippen LogP contribution in [0.1, 0.15) is 0 Å². The predicted octanol–water partition coefficient (Wildman–Crippen LogP) is 2.89. The van der Waals surface area contributed by atoms with Crippen LogP contribution < -0.4 is 0 Å². The Labute approximate surface area is 85.4 Å². The Bertz CT molecular complexity index is 551. The summed E-state index contributed by atoms with van der Waals surface area (Å²) in [6, 6.07) is 11.1. The maximum atomic E-state index is 4.07. The van der Waals surface area contributed by atoms with Crippen molar-refractivity contribution in [2.75, 3.05) is 0 Å². The molecule has 1 radical (unpaired) electrons. The number of benzene rings is 1. The molecule has 2 heterocycles. The summed E-state index contributed by atoms with van der Waals surface area (Å²) < 4.78 is 2.14. The first-order chi connectivity index (χ1) is 6.95. The van der Waals surface area contributed by atoms with Crippen LogP contribution >= 0.6 is 11.3 Å². The third kappa shape index (κ3) is 1.06. The lowest BCUT2D eigenvalue weighted by Crippen LogP contribution is -1.86. The van der Waals surface area contributed by atoms with Crippen molar-refractivity contribution in [3.05, 3.63) is 48.2 Å². The zero-order valence-electron chi connectivity index (χ0n) is 7.34. The Kier molecular flexibility index (Phi) is 1.64. The Morgan fingerprint density at radius 3 is 3.21 bits per heavy atom. The van der Waals surface area contributed by atoms with Gasteiger partial charge in [-0.05, 0) is 24.3 Å². The van der Waals surface area contributed by atoms with E-state index in [4.69, 9.17) is 0 Å². The van der Waals surface area contributed by atoms with Gasteiger partial charge in [0, 0.05) is 11.6 Å². The lowest BCUT2D eigenvalue weighted by Gasteiger charge is -1.99. The fourth-order valence-corrected chi connectivity index (χ4v) is 2.17. The largest absolute Gasteiger partial charge is 0.307 e. The van der Waals surface area contributed by atoms with E-state index in [1.165, 1.54) is 10.9 Å². The Morgan fingerprint density at radius 2 is 2.36 bits per heavy atom. The average Bonchev–Trinajstić information content (AvgIpc) is 2.85. The SMILES string of the molecule is [c]1ccc2c(c1)ccn2-c1cncs1. The Morgan fingerprint density at radius 1 is 1.36 bits per heavy atom. The van der Waals surface area contributed by atoms with E-state index >= 15 is 0 Å². The highest BCUT2D eigenvalue weighted by molar-refractivity contribution is 7.12. The molecule has 14 heavy (non-hydrogen) atoms. The van der Waals surface area contributed by atoms with Crippen molar-refractivity contribution in [1.82, 2.24) is 9.55 Å². The molecule has 67 valence electrons. The van der Waals surface area contributed by atoms with Crippen LogP contribution in [0.5, 0.6) is 0 Å². The van der Waals surface area contributed by atoms with Crippen molar-refractivity contribution >= 4 is 22.2 Å². The summed E-state index contributed by atoms with van der Waals surface area (Å²) in [4.78, 5) is 4.07. The van der Waals surface area contributed by atoms with Crippen LogP contribution in [0.4, 0.5) is 0 Å². The molecule has 0 saturated carbocycles. The molecule has 0 aliphatic heterocycles. The molecule has 0 aliphatic carbocycles. The molecular weight excluding hydrogens is 192 g/mol. The number of hydrogen-bond acceptors (Lipinski definition) is 2. The molecular formula is C11H7N2S. The van der Waals surface area contributed by atoms with Crippen LogP contribution in [-0.2, 0) is 0 Å². The quantitative estimate of drug-likeness (QED) is 0.589. The lowest BCUT2D eigenvalue weighted by atomic mass is 10.2. The second-order valence-electron chi connectivity index (χ2n) is 3.01. The Hall–Kier alpha value is -1.61. The van der Waals surface area contributed by atoms with E-state index in [0.717, 1.165) is 5.00 Å².